The zero-order valence-electron chi connectivity index (χ0n) is 17.5. The van der Waals surface area contributed by atoms with Gasteiger partial charge >= 0.3 is 0 Å². The van der Waals surface area contributed by atoms with Crippen molar-refractivity contribution >= 4 is 0 Å². The van der Waals surface area contributed by atoms with E-state index in [1.54, 1.807) is 0 Å². The molecule has 1 aliphatic heterocycles. The van der Waals surface area contributed by atoms with Gasteiger partial charge in [-0.25, -0.2) is 8.78 Å². The number of ether oxygens (including phenoxy) is 3. The molecule has 29 heavy (non-hydrogen) atoms. The second-order valence-corrected chi connectivity index (χ2v) is 8.56. The molecule has 1 heterocycles. The minimum absolute atomic E-state index is 0.0102. The summed E-state index contributed by atoms with van der Waals surface area (Å²) in [5.74, 6) is 0.526. The van der Waals surface area contributed by atoms with Crippen molar-refractivity contribution in [2.75, 3.05) is 20.3 Å². The van der Waals surface area contributed by atoms with Crippen LogP contribution in [0.2, 0.25) is 0 Å². The molecule has 2 aliphatic rings. The first-order valence-corrected chi connectivity index (χ1v) is 10.9. The molecular formula is C24H34F2O3. The van der Waals surface area contributed by atoms with Crippen LogP contribution < -0.4 is 0 Å². The van der Waals surface area contributed by atoms with Crippen molar-refractivity contribution in [2.24, 2.45) is 17.8 Å². The number of aryl methyl sites for hydroxylation is 1. The van der Waals surface area contributed by atoms with Gasteiger partial charge in [0.25, 0.3) is 0 Å². The summed E-state index contributed by atoms with van der Waals surface area (Å²) >= 11 is 0. The minimum atomic E-state index is -0.511. The molecule has 0 unspecified atom stereocenters. The van der Waals surface area contributed by atoms with Crippen LogP contribution in [0.1, 0.15) is 56.1 Å². The van der Waals surface area contributed by atoms with Gasteiger partial charge in [-0.1, -0.05) is 6.08 Å². The molecule has 0 radical (unpaired) electrons. The molecule has 1 aromatic carbocycles. The summed E-state index contributed by atoms with van der Waals surface area (Å²) in [7, 11) is 1.44. The van der Waals surface area contributed by atoms with Crippen LogP contribution in [0.5, 0.6) is 0 Å². The van der Waals surface area contributed by atoms with Gasteiger partial charge in [-0.3, -0.25) is 0 Å². The minimum Gasteiger partial charge on any atom is -0.380 e. The van der Waals surface area contributed by atoms with Gasteiger partial charge in [-0.05, 0) is 75.0 Å². The molecule has 162 valence electrons. The fraction of sp³-hybridized carbons (Fsp3) is 0.667. The number of halogens is 2. The second-order valence-electron chi connectivity index (χ2n) is 8.56. The highest BCUT2D eigenvalue weighted by atomic mass is 19.1. The van der Waals surface area contributed by atoms with E-state index in [-0.39, 0.29) is 18.5 Å². The third-order valence-corrected chi connectivity index (χ3v) is 6.38. The van der Waals surface area contributed by atoms with Crippen molar-refractivity contribution < 1.29 is 23.0 Å². The fourth-order valence-electron chi connectivity index (χ4n) is 4.55. The Kier molecular flexibility index (Phi) is 8.64. The van der Waals surface area contributed by atoms with Crippen LogP contribution in [0.25, 0.3) is 0 Å². The van der Waals surface area contributed by atoms with E-state index in [0.717, 1.165) is 63.7 Å². The maximum Gasteiger partial charge on any atom is 0.160 e. The first-order valence-electron chi connectivity index (χ1n) is 10.9. The molecule has 1 aromatic rings. The van der Waals surface area contributed by atoms with Gasteiger partial charge in [0.15, 0.2) is 6.29 Å². The Morgan fingerprint density at radius 2 is 1.69 bits per heavy atom. The predicted octanol–water partition coefficient (Wildman–Crippen LogP) is 5.81. The van der Waals surface area contributed by atoms with E-state index >= 15 is 0 Å². The highest BCUT2D eigenvalue weighted by Gasteiger charge is 2.32. The SMILES string of the molecule is C=CCC[C@H]1CO[C@H](C2CCC(CCc3cc(F)c(COC)c(F)c3)CC2)OC1. The average molecular weight is 409 g/mol. The van der Waals surface area contributed by atoms with Crippen molar-refractivity contribution in [1.82, 2.24) is 0 Å². The van der Waals surface area contributed by atoms with Crippen molar-refractivity contribution in [1.29, 1.82) is 0 Å². The smallest absolute Gasteiger partial charge is 0.160 e. The summed E-state index contributed by atoms with van der Waals surface area (Å²) in [6, 6.07) is 2.91. The van der Waals surface area contributed by atoms with Gasteiger partial charge in [0.05, 0.1) is 19.8 Å². The topological polar surface area (TPSA) is 27.7 Å². The van der Waals surface area contributed by atoms with E-state index in [2.05, 4.69) is 6.58 Å². The molecule has 1 saturated heterocycles. The van der Waals surface area contributed by atoms with Gasteiger partial charge in [-0.15, -0.1) is 6.58 Å². The van der Waals surface area contributed by atoms with Gasteiger partial charge in [0.1, 0.15) is 11.6 Å². The standard InChI is InChI=1S/C24H34F2O3/c1-3-4-5-19-14-28-24(29-15-19)20-10-8-17(9-11-20)6-7-18-12-22(25)21(16-27-2)23(26)13-18/h3,12-13,17,19-20,24H,1,4-11,14-16H2,2H3/t17?,19-,20?,24-. The molecule has 5 heteroatoms. The van der Waals surface area contributed by atoms with Crippen LogP contribution in [-0.4, -0.2) is 26.6 Å². The number of methoxy groups -OCH3 is 1. The lowest BCUT2D eigenvalue weighted by molar-refractivity contribution is -0.229. The van der Waals surface area contributed by atoms with Crippen molar-refractivity contribution in [2.45, 2.75) is 64.3 Å². The Hall–Kier alpha value is -1.30. The molecule has 0 aromatic heterocycles. The van der Waals surface area contributed by atoms with Gasteiger partial charge in [0, 0.05) is 24.5 Å². The molecule has 0 spiro atoms. The maximum absolute atomic E-state index is 14.1. The number of hydrogen-bond donors (Lipinski definition) is 0. The van der Waals surface area contributed by atoms with Crippen LogP contribution in [0.4, 0.5) is 8.78 Å². The molecule has 0 atom stereocenters. The van der Waals surface area contributed by atoms with E-state index < -0.39 is 11.6 Å². The van der Waals surface area contributed by atoms with Crippen LogP contribution >= 0.6 is 0 Å². The van der Waals surface area contributed by atoms with Crippen molar-refractivity contribution in [3.8, 4) is 0 Å². The maximum atomic E-state index is 14.1. The molecule has 0 bridgehead atoms. The largest absolute Gasteiger partial charge is 0.380 e. The Bertz CT molecular complexity index is 625. The molecule has 1 aliphatic carbocycles. The molecule has 0 N–H and O–H groups in total. The Labute approximate surface area is 173 Å². The number of benzene rings is 1. The van der Waals surface area contributed by atoms with E-state index in [1.807, 2.05) is 6.08 Å². The van der Waals surface area contributed by atoms with E-state index in [9.17, 15) is 8.78 Å². The van der Waals surface area contributed by atoms with E-state index in [0.29, 0.717) is 24.2 Å². The molecule has 1 saturated carbocycles. The number of rotatable bonds is 9. The molecular weight excluding hydrogens is 374 g/mol. The highest BCUT2D eigenvalue weighted by molar-refractivity contribution is 5.26. The zero-order chi connectivity index (χ0) is 20.6. The summed E-state index contributed by atoms with van der Waals surface area (Å²) in [4.78, 5) is 0. The summed E-state index contributed by atoms with van der Waals surface area (Å²) in [6.07, 6.45) is 10.1. The Morgan fingerprint density at radius 3 is 2.28 bits per heavy atom. The number of allylic oxidation sites excluding steroid dienone is 1. The first-order chi connectivity index (χ1) is 14.1. The van der Waals surface area contributed by atoms with Gasteiger partial charge < -0.3 is 14.2 Å². The van der Waals surface area contributed by atoms with Crippen LogP contribution in [0.15, 0.2) is 24.8 Å². The first kappa shape index (κ1) is 22.4. The second kappa shape index (κ2) is 11.2. The molecule has 3 rings (SSSR count). The van der Waals surface area contributed by atoms with Crippen molar-refractivity contribution in [3.05, 3.63) is 47.5 Å². The zero-order valence-corrected chi connectivity index (χ0v) is 17.5. The predicted molar refractivity (Wildman–Crippen MR) is 109 cm³/mol. The Balaban J connectivity index is 1.40. The van der Waals surface area contributed by atoms with Crippen LogP contribution in [0.3, 0.4) is 0 Å². The van der Waals surface area contributed by atoms with Crippen LogP contribution in [-0.2, 0) is 27.2 Å². The monoisotopic (exact) mass is 408 g/mol. The third kappa shape index (κ3) is 6.34. The summed E-state index contributed by atoms with van der Waals surface area (Å²) in [5, 5.41) is 0. The molecule has 3 nitrogen and oxygen atoms in total. The Morgan fingerprint density at radius 1 is 1.03 bits per heavy atom. The summed E-state index contributed by atoms with van der Waals surface area (Å²) < 4.78 is 45.0. The lowest BCUT2D eigenvalue weighted by atomic mass is 9.79. The van der Waals surface area contributed by atoms with Crippen molar-refractivity contribution in [3.63, 3.8) is 0 Å². The number of hydrogen-bond acceptors (Lipinski definition) is 3. The van der Waals surface area contributed by atoms with E-state index in [1.165, 1.54) is 19.2 Å². The third-order valence-electron chi connectivity index (χ3n) is 6.38. The van der Waals surface area contributed by atoms with Gasteiger partial charge in [0.2, 0.25) is 0 Å². The van der Waals surface area contributed by atoms with Crippen LogP contribution in [0, 0.1) is 29.4 Å². The normalized spacial score (nSPS) is 27.7. The highest BCUT2D eigenvalue weighted by Crippen LogP contribution is 2.36. The molecule has 0 amide bonds. The summed E-state index contributed by atoms with van der Waals surface area (Å²) in [5.41, 5.74) is 0.738. The van der Waals surface area contributed by atoms with Gasteiger partial charge in [-0.2, -0.15) is 0 Å². The fourth-order valence-corrected chi connectivity index (χ4v) is 4.55. The molecule has 2 fully saturated rings. The summed E-state index contributed by atoms with van der Waals surface area (Å²) in [6.45, 7) is 5.30. The quantitative estimate of drug-likeness (QED) is 0.483. The lowest BCUT2D eigenvalue weighted by Crippen LogP contribution is -2.38. The van der Waals surface area contributed by atoms with E-state index in [4.69, 9.17) is 14.2 Å². The lowest BCUT2D eigenvalue weighted by Gasteiger charge is -2.37. The average Bonchev–Trinajstić information content (AvgIpc) is 2.74.